The van der Waals surface area contributed by atoms with Crippen LogP contribution in [0.1, 0.15) is 32.3 Å². The van der Waals surface area contributed by atoms with E-state index in [4.69, 9.17) is 10.5 Å². The van der Waals surface area contributed by atoms with Gasteiger partial charge in [-0.25, -0.2) is 8.78 Å². The zero-order valence-corrected chi connectivity index (χ0v) is 10.3. The lowest BCUT2D eigenvalue weighted by Gasteiger charge is -2.26. The van der Waals surface area contributed by atoms with Crippen LogP contribution in [-0.2, 0) is 11.3 Å². The molecule has 0 aliphatic rings. The molecule has 0 amide bonds. The highest BCUT2D eigenvalue weighted by Crippen LogP contribution is 2.14. The lowest BCUT2D eigenvalue weighted by Crippen LogP contribution is -2.43. The third-order valence-corrected chi connectivity index (χ3v) is 2.99. The van der Waals surface area contributed by atoms with Crippen molar-refractivity contribution in [2.24, 2.45) is 5.73 Å². The summed E-state index contributed by atoms with van der Waals surface area (Å²) in [5.41, 5.74) is 6.18. The minimum atomic E-state index is -0.589. The van der Waals surface area contributed by atoms with Crippen molar-refractivity contribution in [2.45, 2.75) is 38.8 Å². The molecule has 0 radical (unpaired) electrons. The van der Waals surface area contributed by atoms with Crippen molar-refractivity contribution >= 4 is 0 Å². The smallest absolute Gasteiger partial charge is 0.126 e. The Hall–Kier alpha value is -1.00. The van der Waals surface area contributed by atoms with Crippen molar-refractivity contribution in [3.63, 3.8) is 0 Å². The maximum absolute atomic E-state index is 12.9. The SMILES string of the molecule is CCC(N)(CC)COCc1cc(F)cc(F)c1. The minimum absolute atomic E-state index is 0.174. The normalized spacial score (nSPS) is 11.8. The van der Waals surface area contributed by atoms with Crippen LogP contribution in [0.3, 0.4) is 0 Å². The maximum atomic E-state index is 12.9. The van der Waals surface area contributed by atoms with Gasteiger partial charge in [-0.1, -0.05) is 13.8 Å². The Kier molecular flexibility index (Phi) is 5.02. The molecular formula is C13H19F2NO. The van der Waals surface area contributed by atoms with Crippen LogP contribution in [0.25, 0.3) is 0 Å². The van der Waals surface area contributed by atoms with Crippen molar-refractivity contribution in [3.8, 4) is 0 Å². The second-order valence-corrected chi connectivity index (χ2v) is 4.34. The molecule has 0 aliphatic heterocycles. The average molecular weight is 243 g/mol. The van der Waals surface area contributed by atoms with E-state index in [1.807, 2.05) is 13.8 Å². The molecule has 17 heavy (non-hydrogen) atoms. The molecule has 0 saturated carbocycles. The molecule has 0 unspecified atom stereocenters. The van der Waals surface area contributed by atoms with Crippen LogP contribution in [0.2, 0.25) is 0 Å². The van der Waals surface area contributed by atoms with Gasteiger partial charge in [-0.15, -0.1) is 0 Å². The molecule has 0 bridgehead atoms. The molecule has 0 atom stereocenters. The summed E-state index contributed by atoms with van der Waals surface area (Å²) in [6, 6.07) is 3.37. The van der Waals surface area contributed by atoms with E-state index in [-0.39, 0.29) is 12.1 Å². The Morgan fingerprint density at radius 2 is 1.65 bits per heavy atom. The van der Waals surface area contributed by atoms with Crippen molar-refractivity contribution in [3.05, 3.63) is 35.4 Å². The predicted octanol–water partition coefficient (Wildman–Crippen LogP) is 3.00. The number of rotatable bonds is 6. The Balaban J connectivity index is 2.51. The highest BCUT2D eigenvalue weighted by molar-refractivity contribution is 5.16. The third-order valence-electron chi connectivity index (χ3n) is 2.99. The summed E-state index contributed by atoms with van der Waals surface area (Å²) < 4.78 is 31.2. The van der Waals surface area contributed by atoms with Crippen LogP contribution in [0, 0.1) is 11.6 Å². The third kappa shape index (κ3) is 4.40. The van der Waals surface area contributed by atoms with E-state index < -0.39 is 11.6 Å². The van der Waals surface area contributed by atoms with Crippen molar-refractivity contribution in [1.29, 1.82) is 0 Å². The molecule has 0 spiro atoms. The van der Waals surface area contributed by atoms with Crippen molar-refractivity contribution in [1.82, 2.24) is 0 Å². The first-order valence-electron chi connectivity index (χ1n) is 5.80. The lowest BCUT2D eigenvalue weighted by molar-refractivity contribution is 0.0693. The van der Waals surface area contributed by atoms with Gasteiger partial charge in [0.15, 0.2) is 0 Å². The summed E-state index contributed by atoms with van der Waals surface area (Å²) >= 11 is 0. The van der Waals surface area contributed by atoms with Gasteiger partial charge in [-0.3, -0.25) is 0 Å². The molecule has 0 saturated heterocycles. The molecule has 1 rings (SSSR count). The van der Waals surface area contributed by atoms with Gasteiger partial charge in [-0.2, -0.15) is 0 Å². The zero-order valence-electron chi connectivity index (χ0n) is 10.3. The Morgan fingerprint density at radius 3 is 2.12 bits per heavy atom. The number of nitrogens with two attached hydrogens (primary N) is 1. The Morgan fingerprint density at radius 1 is 1.12 bits per heavy atom. The molecular weight excluding hydrogens is 224 g/mol. The zero-order chi connectivity index (χ0) is 12.9. The van der Waals surface area contributed by atoms with E-state index in [0.717, 1.165) is 18.9 Å². The van der Waals surface area contributed by atoms with Crippen LogP contribution in [0.5, 0.6) is 0 Å². The molecule has 4 heteroatoms. The number of halogens is 2. The fourth-order valence-electron chi connectivity index (χ4n) is 1.52. The molecule has 96 valence electrons. The number of ether oxygens (including phenoxy) is 1. The fraction of sp³-hybridized carbons (Fsp3) is 0.538. The van der Waals surface area contributed by atoms with Crippen LogP contribution in [-0.4, -0.2) is 12.1 Å². The van der Waals surface area contributed by atoms with Gasteiger partial charge >= 0.3 is 0 Å². The van der Waals surface area contributed by atoms with Gasteiger partial charge < -0.3 is 10.5 Å². The molecule has 1 aromatic rings. The quantitative estimate of drug-likeness (QED) is 0.833. The van der Waals surface area contributed by atoms with E-state index in [0.29, 0.717) is 12.2 Å². The summed E-state index contributed by atoms with van der Waals surface area (Å²) in [5, 5.41) is 0. The monoisotopic (exact) mass is 243 g/mol. The molecule has 0 aliphatic carbocycles. The molecule has 2 nitrogen and oxygen atoms in total. The fourth-order valence-corrected chi connectivity index (χ4v) is 1.52. The first kappa shape index (κ1) is 14.1. The van der Waals surface area contributed by atoms with Crippen molar-refractivity contribution in [2.75, 3.05) is 6.61 Å². The first-order chi connectivity index (χ1) is 7.99. The summed E-state index contributed by atoms with van der Waals surface area (Å²) in [5.74, 6) is -1.18. The number of hydrogen-bond donors (Lipinski definition) is 1. The van der Waals surface area contributed by atoms with Gasteiger partial charge in [0, 0.05) is 11.6 Å². The van der Waals surface area contributed by atoms with E-state index in [9.17, 15) is 8.78 Å². The van der Waals surface area contributed by atoms with Crippen LogP contribution in [0.4, 0.5) is 8.78 Å². The lowest BCUT2D eigenvalue weighted by atomic mass is 9.96. The van der Waals surface area contributed by atoms with E-state index in [1.165, 1.54) is 12.1 Å². The highest BCUT2D eigenvalue weighted by atomic mass is 19.1. The van der Waals surface area contributed by atoms with Crippen molar-refractivity contribution < 1.29 is 13.5 Å². The van der Waals surface area contributed by atoms with Crippen LogP contribution >= 0.6 is 0 Å². The second kappa shape index (κ2) is 6.07. The van der Waals surface area contributed by atoms with Gasteiger partial charge in [0.1, 0.15) is 11.6 Å². The summed E-state index contributed by atoms with van der Waals surface area (Å²) in [7, 11) is 0. The Bertz CT molecular complexity index is 344. The largest absolute Gasteiger partial charge is 0.375 e. The topological polar surface area (TPSA) is 35.2 Å². The molecule has 1 aromatic carbocycles. The highest BCUT2D eigenvalue weighted by Gasteiger charge is 2.20. The standard InChI is InChI=1S/C13H19F2NO/c1-3-13(16,4-2)9-17-8-10-5-11(14)7-12(15)6-10/h5-7H,3-4,8-9,16H2,1-2H3. The summed E-state index contributed by atoms with van der Waals surface area (Å²) in [4.78, 5) is 0. The average Bonchev–Trinajstić information content (AvgIpc) is 2.27. The molecule has 0 aromatic heterocycles. The predicted molar refractivity (Wildman–Crippen MR) is 63.5 cm³/mol. The second-order valence-electron chi connectivity index (χ2n) is 4.34. The maximum Gasteiger partial charge on any atom is 0.126 e. The summed E-state index contributed by atoms with van der Waals surface area (Å²) in [6.07, 6.45) is 1.61. The van der Waals surface area contributed by atoms with E-state index >= 15 is 0 Å². The summed E-state index contributed by atoms with van der Waals surface area (Å²) in [6.45, 7) is 4.55. The molecule has 2 N–H and O–H groups in total. The minimum Gasteiger partial charge on any atom is -0.375 e. The first-order valence-corrected chi connectivity index (χ1v) is 5.80. The van der Waals surface area contributed by atoms with E-state index in [1.54, 1.807) is 0 Å². The number of hydrogen-bond acceptors (Lipinski definition) is 2. The van der Waals surface area contributed by atoms with Gasteiger partial charge in [0.05, 0.1) is 13.2 Å². The van der Waals surface area contributed by atoms with Crippen LogP contribution in [0.15, 0.2) is 18.2 Å². The number of benzene rings is 1. The van der Waals surface area contributed by atoms with E-state index in [2.05, 4.69) is 0 Å². The van der Waals surface area contributed by atoms with Gasteiger partial charge in [0.25, 0.3) is 0 Å². The van der Waals surface area contributed by atoms with Crippen LogP contribution < -0.4 is 5.73 Å². The van der Waals surface area contributed by atoms with Gasteiger partial charge in [0.2, 0.25) is 0 Å². The Labute approximate surface area is 101 Å². The molecule has 0 fully saturated rings. The molecule has 0 heterocycles. The van der Waals surface area contributed by atoms with Gasteiger partial charge in [-0.05, 0) is 30.5 Å².